The zero-order chi connectivity index (χ0) is 45.1. The molecular formula is C46H52N6O12. The van der Waals surface area contributed by atoms with Crippen molar-refractivity contribution in [2.45, 2.75) is 88.5 Å². The molecule has 4 aromatic rings. The average Bonchev–Trinajstić information content (AvgIpc) is 3.32. The van der Waals surface area contributed by atoms with Gasteiger partial charge in [-0.2, -0.15) is 9.97 Å². The first-order chi connectivity index (χ1) is 31.1. The van der Waals surface area contributed by atoms with E-state index in [1.54, 1.807) is 26.6 Å². The van der Waals surface area contributed by atoms with Gasteiger partial charge in [-0.15, -0.1) is 0 Å². The van der Waals surface area contributed by atoms with Crippen molar-refractivity contribution in [1.82, 2.24) is 19.9 Å². The molecule has 0 amide bonds. The summed E-state index contributed by atoms with van der Waals surface area (Å²) in [6, 6.07) is 7.65. The van der Waals surface area contributed by atoms with Gasteiger partial charge in [0.15, 0.2) is 23.0 Å². The predicted molar refractivity (Wildman–Crippen MR) is 230 cm³/mol. The molecular weight excluding hydrogens is 829 g/mol. The molecule has 18 nitrogen and oxygen atoms in total. The Morgan fingerprint density at radius 1 is 0.531 bits per heavy atom. The van der Waals surface area contributed by atoms with E-state index < -0.39 is 24.1 Å². The molecule has 0 bridgehead atoms. The van der Waals surface area contributed by atoms with Crippen molar-refractivity contribution >= 4 is 23.4 Å². The van der Waals surface area contributed by atoms with Crippen LogP contribution in [0.1, 0.15) is 97.6 Å². The van der Waals surface area contributed by atoms with Crippen LogP contribution in [0.2, 0.25) is 0 Å². The number of hydrogen-bond donors (Lipinski definition) is 0. The van der Waals surface area contributed by atoms with Crippen LogP contribution >= 0.6 is 0 Å². The number of esters is 2. The second kappa shape index (κ2) is 18.9. The Bertz CT molecular complexity index is 2310. The standard InChI is InChI=1S/C46H52N6O12/c1-9-61-37-17-25-27-15-23(11-13-33(27)49-39(29(25)19-35(37)55-3)31-21-47-45(59-7)51-41(31)57-5)63-43(53)44(54)64-24-12-14-34-28(16-24)26-18-38(62-10-2)36(56-4)20-30(26)40(50-34)32-22-48-46(60-8)52-42(32)58-6/h17-24,27-28,33-34H,9-16H2,1-8H3/t23-,24-,27-,28-,33-,34-/m1/s1. The molecule has 2 aromatic carbocycles. The lowest BCUT2D eigenvalue weighted by atomic mass is 9.74. The molecule has 0 N–H and O–H groups in total. The molecule has 4 heterocycles. The van der Waals surface area contributed by atoms with E-state index in [0.717, 1.165) is 22.3 Å². The SMILES string of the molecule is CCOc1cc2c(cc1OC)C(c1cnc(OC)nc1OC)=N[C@@H]1CC[C@@H](OC(=O)C(=O)O[C@@H]3CC[C@H]4N=C(c5cnc(OC)nc5OC)c5cc(OC)c(OCC)cc5[C@H]4C3)C[C@H]21. The first kappa shape index (κ1) is 43.9. The average molecular weight is 881 g/mol. The number of ether oxygens (including phenoxy) is 10. The molecule has 0 unspecified atom stereocenters. The van der Waals surface area contributed by atoms with E-state index in [0.29, 0.717) is 109 Å². The van der Waals surface area contributed by atoms with Crippen LogP contribution in [0.4, 0.5) is 0 Å². The molecule has 64 heavy (non-hydrogen) atoms. The first-order valence-electron chi connectivity index (χ1n) is 21.3. The number of nitrogens with zero attached hydrogens (tertiary/aromatic N) is 6. The third kappa shape index (κ3) is 8.40. The van der Waals surface area contributed by atoms with Gasteiger partial charge in [-0.05, 0) is 87.8 Å². The summed E-state index contributed by atoms with van der Waals surface area (Å²) in [6.45, 7) is 4.65. The van der Waals surface area contributed by atoms with Gasteiger partial charge >= 0.3 is 24.0 Å². The Kier molecular flexibility index (Phi) is 13.0. The maximum absolute atomic E-state index is 13.6. The van der Waals surface area contributed by atoms with Crippen molar-refractivity contribution < 1.29 is 57.0 Å². The summed E-state index contributed by atoms with van der Waals surface area (Å²) >= 11 is 0. The van der Waals surface area contributed by atoms with Crippen LogP contribution in [0.25, 0.3) is 0 Å². The van der Waals surface area contributed by atoms with Crippen molar-refractivity contribution in [3.8, 4) is 46.8 Å². The van der Waals surface area contributed by atoms with E-state index in [1.807, 2.05) is 38.1 Å². The lowest BCUT2D eigenvalue weighted by molar-refractivity contribution is -0.176. The molecule has 338 valence electrons. The Morgan fingerprint density at radius 3 is 1.31 bits per heavy atom. The van der Waals surface area contributed by atoms with Crippen LogP contribution in [0.5, 0.6) is 46.8 Å². The fraction of sp³-hybridized carbons (Fsp3) is 0.478. The monoisotopic (exact) mass is 880 g/mol. The number of carbonyl (C=O) groups excluding carboxylic acids is 2. The van der Waals surface area contributed by atoms with Crippen molar-refractivity contribution in [1.29, 1.82) is 0 Å². The van der Waals surface area contributed by atoms with Gasteiger partial charge in [0.25, 0.3) is 0 Å². The van der Waals surface area contributed by atoms with E-state index >= 15 is 0 Å². The minimum Gasteiger partial charge on any atom is -0.493 e. The van der Waals surface area contributed by atoms with Crippen molar-refractivity contribution in [3.63, 3.8) is 0 Å². The maximum atomic E-state index is 13.6. The Morgan fingerprint density at radius 2 is 0.953 bits per heavy atom. The van der Waals surface area contributed by atoms with E-state index in [-0.39, 0.29) is 35.9 Å². The normalized spacial score (nSPS) is 21.8. The molecule has 2 aliphatic heterocycles. The van der Waals surface area contributed by atoms with Gasteiger partial charge in [-0.25, -0.2) is 19.6 Å². The number of methoxy groups -OCH3 is 6. The molecule has 2 aromatic heterocycles. The molecule has 0 radical (unpaired) electrons. The third-order valence-electron chi connectivity index (χ3n) is 12.1. The lowest BCUT2D eigenvalue weighted by Gasteiger charge is -2.39. The molecule has 0 saturated heterocycles. The van der Waals surface area contributed by atoms with Gasteiger partial charge in [0.1, 0.15) is 12.2 Å². The van der Waals surface area contributed by atoms with Gasteiger partial charge in [-0.3, -0.25) is 9.98 Å². The summed E-state index contributed by atoms with van der Waals surface area (Å²) in [5.41, 5.74) is 5.86. The van der Waals surface area contributed by atoms with Gasteiger partial charge < -0.3 is 47.4 Å². The Balaban J connectivity index is 1.00. The smallest absolute Gasteiger partial charge is 0.417 e. The van der Waals surface area contributed by atoms with Crippen molar-refractivity contribution in [2.24, 2.45) is 9.98 Å². The molecule has 2 saturated carbocycles. The summed E-state index contributed by atoms with van der Waals surface area (Å²) < 4.78 is 57.1. The highest BCUT2D eigenvalue weighted by Crippen LogP contribution is 2.48. The van der Waals surface area contributed by atoms with E-state index in [1.165, 1.54) is 28.4 Å². The van der Waals surface area contributed by atoms with Crippen LogP contribution in [0.3, 0.4) is 0 Å². The fourth-order valence-corrected chi connectivity index (χ4v) is 9.29. The van der Waals surface area contributed by atoms with Gasteiger partial charge in [0.2, 0.25) is 11.8 Å². The highest BCUT2D eigenvalue weighted by atomic mass is 16.6. The maximum Gasteiger partial charge on any atom is 0.417 e. The van der Waals surface area contributed by atoms with Crippen LogP contribution < -0.4 is 37.9 Å². The summed E-state index contributed by atoms with van der Waals surface area (Å²) in [5.74, 6) is 0.410. The number of aromatic nitrogens is 4. The number of aliphatic imine (C=N–C) groups is 2. The van der Waals surface area contributed by atoms with E-state index in [4.69, 9.17) is 57.4 Å². The topological polar surface area (TPSA) is 203 Å². The third-order valence-corrected chi connectivity index (χ3v) is 12.1. The van der Waals surface area contributed by atoms with Crippen molar-refractivity contribution in [2.75, 3.05) is 55.9 Å². The Labute approximate surface area is 370 Å². The second-order valence-corrected chi connectivity index (χ2v) is 15.6. The molecule has 18 heteroatoms. The summed E-state index contributed by atoms with van der Waals surface area (Å²) in [7, 11) is 9.18. The fourth-order valence-electron chi connectivity index (χ4n) is 9.29. The zero-order valence-corrected chi connectivity index (χ0v) is 37.2. The number of carbonyl (C=O) groups is 2. The van der Waals surface area contributed by atoms with E-state index in [2.05, 4.69) is 19.9 Å². The first-order valence-corrected chi connectivity index (χ1v) is 21.3. The number of fused-ring (bicyclic) bond motifs is 6. The molecule has 6 atom stereocenters. The van der Waals surface area contributed by atoms with Crippen molar-refractivity contribution in [3.05, 3.63) is 70.0 Å². The largest absolute Gasteiger partial charge is 0.493 e. The van der Waals surface area contributed by atoms with Gasteiger partial charge in [-0.1, -0.05) is 0 Å². The molecule has 2 fully saturated rings. The molecule has 2 aliphatic carbocycles. The van der Waals surface area contributed by atoms with Gasteiger partial charge in [0.05, 0.1) is 90.5 Å². The van der Waals surface area contributed by atoms with E-state index in [9.17, 15) is 9.59 Å². The Hall–Kier alpha value is -6.72. The zero-order valence-electron chi connectivity index (χ0n) is 37.2. The quantitative estimate of drug-likeness (QED) is 0.112. The molecule has 4 aliphatic rings. The minimum atomic E-state index is -1.03. The second-order valence-electron chi connectivity index (χ2n) is 15.6. The summed E-state index contributed by atoms with van der Waals surface area (Å²) in [5, 5.41) is 0. The van der Waals surface area contributed by atoms with Crippen LogP contribution in [-0.2, 0) is 19.1 Å². The minimum absolute atomic E-state index is 0.162. The lowest BCUT2D eigenvalue weighted by Crippen LogP contribution is -2.39. The number of hydrogen-bond acceptors (Lipinski definition) is 18. The summed E-state index contributed by atoms with van der Waals surface area (Å²) in [4.78, 5) is 55.1. The summed E-state index contributed by atoms with van der Waals surface area (Å²) in [6.07, 6.45) is 5.08. The van der Waals surface area contributed by atoms with Crippen LogP contribution in [-0.4, -0.2) is 123 Å². The molecule has 0 spiro atoms. The number of benzene rings is 2. The molecule has 8 rings (SSSR count). The highest BCUT2D eigenvalue weighted by molar-refractivity contribution is 6.29. The van der Waals surface area contributed by atoms with Crippen LogP contribution in [0.15, 0.2) is 46.6 Å². The van der Waals surface area contributed by atoms with Crippen LogP contribution in [0, 0.1) is 0 Å². The highest BCUT2D eigenvalue weighted by Gasteiger charge is 2.43. The van der Waals surface area contributed by atoms with Gasteiger partial charge in [0, 0.05) is 35.4 Å². The number of rotatable bonds is 14. The predicted octanol–water partition coefficient (Wildman–Crippen LogP) is 5.61.